The van der Waals surface area contributed by atoms with Crippen molar-refractivity contribution < 1.29 is 18.6 Å². The maximum atomic E-state index is 13.4. The minimum Gasteiger partial charge on any atom is -0.382 e. The molecule has 130 valence electrons. The molecule has 0 spiro atoms. The number of hydrazine groups is 1. The maximum absolute atomic E-state index is 13.4. The topological polar surface area (TPSA) is 41.3 Å². The number of esters is 1. The molecule has 2 aliphatic heterocycles. The Morgan fingerprint density at radius 2 is 1.88 bits per heavy atom. The van der Waals surface area contributed by atoms with Crippen molar-refractivity contribution in [3.05, 3.63) is 83.2 Å². The van der Waals surface area contributed by atoms with E-state index in [4.69, 9.17) is 4.74 Å². The number of carbonyl (C=O) groups is 1. The number of nitrogens with zero attached hydrogens (tertiary/aromatic N) is 1. The second-order valence-corrected chi connectivity index (χ2v) is 6.94. The SMILES string of the molecule is O=C1O[C@@]2(c3ccccc3)C=C3CCC[C@H]3N[N+]2=C1c1ccc(F)cc1. The first-order chi connectivity index (χ1) is 12.7. The van der Waals surface area contributed by atoms with Crippen LogP contribution in [0.5, 0.6) is 0 Å². The number of ether oxygens (including phenoxy) is 1. The van der Waals surface area contributed by atoms with Crippen LogP contribution in [0.1, 0.15) is 30.4 Å². The summed E-state index contributed by atoms with van der Waals surface area (Å²) in [5.74, 6) is -0.746. The number of hydrogen-bond donors (Lipinski definition) is 1. The summed E-state index contributed by atoms with van der Waals surface area (Å²) in [5.41, 5.74) is 5.71. The third-order valence-electron chi connectivity index (χ3n) is 5.37. The fourth-order valence-electron chi connectivity index (χ4n) is 4.15. The minimum atomic E-state index is -1.00. The van der Waals surface area contributed by atoms with Gasteiger partial charge in [0.2, 0.25) is 0 Å². The number of fused-ring (bicyclic) bond motifs is 2. The Hall–Kier alpha value is -2.95. The summed E-state index contributed by atoms with van der Waals surface area (Å²) in [6.45, 7) is 0. The fraction of sp³-hybridized carbons (Fsp3) is 0.238. The molecule has 0 aromatic heterocycles. The smallest absolute Gasteiger partial charge is 0.382 e. The lowest BCUT2D eigenvalue weighted by molar-refractivity contribution is -0.692. The van der Waals surface area contributed by atoms with E-state index in [0.717, 1.165) is 24.8 Å². The molecule has 0 amide bonds. The summed E-state index contributed by atoms with van der Waals surface area (Å²) in [6, 6.07) is 15.9. The van der Waals surface area contributed by atoms with Gasteiger partial charge < -0.3 is 4.74 Å². The Balaban J connectivity index is 1.76. The van der Waals surface area contributed by atoms with Gasteiger partial charge >= 0.3 is 17.4 Å². The van der Waals surface area contributed by atoms with Gasteiger partial charge in [-0.05, 0) is 61.2 Å². The summed E-state index contributed by atoms with van der Waals surface area (Å²) < 4.78 is 21.1. The summed E-state index contributed by atoms with van der Waals surface area (Å²) in [4.78, 5) is 12.9. The molecule has 26 heavy (non-hydrogen) atoms. The van der Waals surface area contributed by atoms with Gasteiger partial charge in [0.05, 0.1) is 11.1 Å². The highest BCUT2D eigenvalue weighted by molar-refractivity contribution is 6.41. The standard InChI is InChI=1S/C21H17FN2O2/c22-17-11-9-14(10-12-17)19-20(25)26-21(16-6-2-1-3-7-16)13-15-5-4-8-18(15)23-24(19)21/h1-3,6-7,9-13,18H,4-5,8H2/p+1/t18-,21-/m1/s1. The van der Waals surface area contributed by atoms with Gasteiger partial charge in [-0.3, -0.25) is 0 Å². The van der Waals surface area contributed by atoms with Gasteiger partial charge in [-0.1, -0.05) is 22.9 Å². The largest absolute Gasteiger partial charge is 0.412 e. The summed E-state index contributed by atoms with van der Waals surface area (Å²) in [5, 5.41) is 0. The van der Waals surface area contributed by atoms with Crippen LogP contribution in [0.25, 0.3) is 0 Å². The Kier molecular flexibility index (Phi) is 3.26. The van der Waals surface area contributed by atoms with E-state index in [2.05, 4.69) is 11.5 Å². The van der Waals surface area contributed by atoms with E-state index in [1.807, 2.05) is 35.0 Å². The number of halogens is 1. The first-order valence-electron chi connectivity index (χ1n) is 8.87. The molecule has 5 heteroatoms. The first kappa shape index (κ1) is 15.3. The highest BCUT2D eigenvalue weighted by Gasteiger charge is 2.60. The highest BCUT2D eigenvalue weighted by atomic mass is 19.1. The monoisotopic (exact) mass is 349 g/mol. The predicted molar refractivity (Wildman–Crippen MR) is 93.8 cm³/mol. The normalized spacial score (nSPS) is 26.7. The molecule has 1 fully saturated rings. The van der Waals surface area contributed by atoms with Gasteiger partial charge in [0.15, 0.2) is 0 Å². The Labute approximate surface area is 150 Å². The van der Waals surface area contributed by atoms with Gasteiger partial charge in [0.1, 0.15) is 11.9 Å². The van der Waals surface area contributed by atoms with Crippen LogP contribution in [0.15, 0.2) is 66.2 Å². The van der Waals surface area contributed by atoms with Crippen LogP contribution in [0.3, 0.4) is 0 Å². The fourth-order valence-corrected chi connectivity index (χ4v) is 4.15. The molecule has 2 aromatic rings. The average Bonchev–Trinajstić information content (AvgIpc) is 3.22. The molecule has 1 N–H and O–H groups in total. The van der Waals surface area contributed by atoms with Gasteiger partial charge in [-0.15, -0.1) is 0 Å². The van der Waals surface area contributed by atoms with Crippen molar-refractivity contribution in [1.29, 1.82) is 0 Å². The van der Waals surface area contributed by atoms with Crippen LogP contribution in [0.2, 0.25) is 0 Å². The molecule has 2 aromatic carbocycles. The van der Waals surface area contributed by atoms with Gasteiger partial charge in [0.25, 0.3) is 0 Å². The molecule has 2 heterocycles. The Bertz CT molecular complexity index is 950. The van der Waals surface area contributed by atoms with Crippen molar-refractivity contribution in [2.45, 2.75) is 31.0 Å². The van der Waals surface area contributed by atoms with E-state index in [9.17, 15) is 9.18 Å². The van der Waals surface area contributed by atoms with Gasteiger partial charge in [0, 0.05) is 6.08 Å². The molecule has 0 saturated heterocycles. The van der Waals surface area contributed by atoms with Crippen molar-refractivity contribution in [3.8, 4) is 0 Å². The zero-order valence-corrected chi connectivity index (χ0v) is 14.1. The van der Waals surface area contributed by atoms with Crippen molar-refractivity contribution in [1.82, 2.24) is 5.43 Å². The number of rotatable bonds is 2. The van der Waals surface area contributed by atoms with E-state index in [-0.39, 0.29) is 11.9 Å². The van der Waals surface area contributed by atoms with E-state index in [1.165, 1.54) is 17.7 Å². The summed E-state index contributed by atoms with van der Waals surface area (Å²) in [6.07, 6.45) is 5.23. The first-order valence-corrected chi connectivity index (χ1v) is 8.87. The molecule has 3 aliphatic rings. The number of benzene rings is 2. The third kappa shape index (κ3) is 2.13. The summed E-state index contributed by atoms with van der Waals surface area (Å²) in [7, 11) is 0. The van der Waals surface area contributed by atoms with E-state index >= 15 is 0 Å². The number of carbonyl (C=O) groups excluding carboxylic acids is 1. The molecule has 0 unspecified atom stereocenters. The quantitative estimate of drug-likeness (QED) is 0.515. The zero-order chi connectivity index (χ0) is 17.7. The van der Waals surface area contributed by atoms with Crippen LogP contribution in [-0.2, 0) is 15.3 Å². The van der Waals surface area contributed by atoms with Crippen LogP contribution in [-0.4, -0.2) is 22.4 Å². The Morgan fingerprint density at radius 3 is 2.65 bits per heavy atom. The molecule has 0 radical (unpaired) electrons. The minimum absolute atomic E-state index is 0.205. The van der Waals surface area contributed by atoms with E-state index in [1.54, 1.807) is 12.1 Å². The lowest BCUT2D eigenvalue weighted by Gasteiger charge is -2.29. The average molecular weight is 349 g/mol. The molecule has 2 atom stereocenters. The third-order valence-corrected chi connectivity index (χ3v) is 5.37. The van der Waals surface area contributed by atoms with Crippen LogP contribution in [0.4, 0.5) is 4.39 Å². The highest BCUT2D eigenvalue weighted by Crippen LogP contribution is 2.41. The lowest BCUT2D eigenvalue weighted by Crippen LogP contribution is -2.53. The molecule has 5 rings (SSSR count). The molecule has 1 aliphatic carbocycles. The van der Waals surface area contributed by atoms with Gasteiger partial charge in [-0.25, -0.2) is 9.18 Å². The zero-order valence-electron chi connectivity index (χ0n) is 14.1. The number of hydrogen-bond acceptors (Lipinski definition) is 3. The Morgan fingerprint density at radius 1 is 1.12 bits per heavy atom. The second-order valence-electron chi connectivity index (χ2n) is 6.94. The molecular weight excluding hydrogens is 331 g/mol. The molecule has 4 nitrogen and oxygen atoms in total. The predicted octanol–water partition coefficient (Wildman–Crippen LogP) is 3.03. The molecule has 1 saturated carbocycles. The molecular formula is C21H18FN2O2+. The van der Waals surface area contributed by atoms with Crippen molar-refractivity contribution in [3.63, 3.8) is 0 Å². The van der Waals surface area contributed by atoms with E-state index < -0.39 is 11.7 Å². The van der Waals surface area contributed by atoms with Crippen molar-refractivity contribution in [2.75, 3.05) is 0 Å². The van der Waals surface area contributed by atoms with Crippen molar-refractivity contribution >= 4 is 11.7 Å². The summed E-state index contributed by atoms with van der Waals surface area (Å²) >= 11 is 0. The second kappa shape index (κ2) is 5.53. The molecule has 0 bridgehead atoms. The van der Waals surface area contributed by atoms with Crippen molar-refractivity contribution in [2.24, 2.45) is 0 Å². The number of hydrazone groups is 1. The van der Waals surface area contributed by atoms with Crippen LogP contribution < -0.4 is 5.43 Å². The lowest BCUT2D eigenvalue weighted by atomic mass is 9.95. The van der Waals surface area contributed by atoms with Crippen LogP contribution >= 0.6 is 0 Å². The number of nitrogens with one attached hydrogen (secondary N) is 1. The van der Waals surface area contributed by atoms with Gasteiger partial charge in [-0.2, -0.15) is 5.43 Å². The maximum Gasteiger partial charge on any atom is 0.412 e. The van der Waals surface area contributed by atoms with Crippen LogP contribution in [0, 0.1) is 5.82 Å². The van der Waals surface area contributed by atoms with E-state index in [0.29, 0.717) is 11.3 Å².